The number of nitriles is 1. The molecule has 0 aliphatic rings. The maximum atomic E-state index is 13.2. The average molecular weight is 408 g/mol. The Balaban J connectivity index is 2.54. The average Bonchev–Trinajstić information content (AvgIpc) is 2.97. The van der Waals surface area contributed by atoms with E-state index in [0.717, 1.165) is 11.3 Å². The van der Waals surface area contributed by atoms with E-state index in [1.165, 1.54) is 35.0 Å². The predicted octanol–water partition coefficient (Wildman–Crippen LogP) is 1.98. The van der Waals surface area contributed by atoms with E-state index in [1.54, 1.807) is 13.0 Å². The Kier molecular flexibility index (Phi) is 6.93. The number of nitrogens with zero attached hydrogens (tertiary/aromatic N) is 2. The van der Waals surface area contributed by atoms with E-state index >= 15 is 0 Å². The number of thiazole rings is 1. The fraction of sp³-hybridized carbons (Fsp3) is 0.167. The first kappa shape index (κ1) is 20.4. The molecule has 2 aromatic rings. The highest BCUT2D eigenvalue weighted by molar-refractivity contribution is 7.07. The van der Waals surface area contributed by atoms with Gasteiger partial charge in [0, 0.05) is 18.4 Å². The largest absolute Gasteiger partial charge is 0.457 e. The summed E-state index contributed by atoms with van der Waals surface area (Å²) < 4.78 is 19.9. The molecule has 1 N–H and O–H groups in total. The second-order valence-electron chi connectivity index (χ2n) is 5.11. The Morgan fingerprint density at radius 2 is 2.30 bits per heavy atom. The Morgan fingerprint density at radius 3 is 2.89 bits per heavy atom. The van der Waals surface area contributed by atoms with Gasteiger partial charge in [-0.1, -0.05) is 24.3 Å². The maximum Gasteiger partial charge on any atom is 0.352 e. The number of benzene rings is 1. The van der Waals surface area contributed by atoms with Gasteiger partial charge in [-0.05, 0) is 25.1 Å². The van der Waals surface area contributed by atoms with E-state index in [1.807, 2.05) is 0 Å². The van der Waals surface area contributed by atoms with Crippen LogP contribution >= 0.6 is 22.9 Å². The van der Waals surface area contributed by atoms with Crippen LogP contribution in [0.1, 0.15) is 6.92 Å². The van der Waals surface area contributed by atoms with Gasteiger partial charge < -0.3 is 10.1 Å². The van der Waals surface area contributed by atoms with Crippen LogP contribution in [-0.4, -0.2) is 17.1 Å². The minimum atomic E-state index is -0.828. The molecule has 0 aliphatic heterocycles. The van der Waals surface area contributed by atoms with Crippen LogP contribution in [-0.2, 0) is 16.1 Å². The summed E-state index contributed by atoms with van der Waals surface area (Å²) in [6.07, 6.45) is 2.79. The number of carbonyl (C=O) groups excluding carboxylic acids is 1. The zero-order valence-corrected chi connectivity index (χ0v) is 15.9. The topological polar surface area (TPSA) is 84.1 Å². The molecule has 0 spiro atoms. The van der Waals surface area contributed by atoms with Crippen molar-refractivity contribution < 1.29 is 13.9 Å². The highest BCUT2D eigenvalue weighted by Gasteiger charge is 2.16. The molecule has 0 amide bonds. The number of carbonyl (C=O) groups is 1. The molecule has 6 nitrogen and oxygen atoms in total. The summed E-state index contributed by atoms with van der Waals surface area (Å²) >= 11 is 6.70. The number of hydrogen-bond acceptors (Lipinski definition) is 6. The molecule has 0 bridgehead atoms. The normalized spacial score (nSPS) is 12.3. The SMILES string of the molecule is C=CCOC(=O)C(C#N)=c1sc(=CNc2ccc(F)c(Cl)c2)c(=O)n1CC. The zero-order chi connectivity index (χ0) is 20.0. The Bertz CT molecular complexity index is 1100. The third-order valence-electron chi connectivity index (χ3n) is 3.38. The highest BCUT2D eigenvalue weighted by atomic mass is 35.5. The fourth-order valence-electron chi connectivity index (χ4n) is 2.11. The molecule has 1 aromatic carbocycles. The first-order chi connectivity index (χ1) is 12.9. The van der Waals surface area contributed by atoms with Crippen LogP contribution in [0.4, 0.5) is 10.1 Å². The minimum Gasteiger partial charge on any atom is -0.457 e. The number of hydrogen-bond donors (Lipinski definition) is 1. The molecule has 2 rings (SSSR count). The molecule has 0 atom stereocenters. The molecule has 1 heterocycles. The lowest BCUT2D eigenvalue weighted by Gasteiger charge is -2.00. The molecule has 0 aliphatic carbocycles. The van der Waals surface area contributed by atoms with Crippen molar-refractivity contribution in [1.29, 1.82) is 5.26 Å². The van der Waals surface area contributed by atoms with Crippen LogP contribution in [0.3, 0.4) is 0 Å². The van der Waals surface area contributed by atoms with E-state index in [9.17, 15) is 19.2 Å². The second kappa shape index (κ2) is 9.16. The zero-order valence-electron chi connectivity index (χ0n) is 14.3. The summed E-state index contributed by atoms with van der Waals surface area (Å²) in [7, 11) is 0. The minimum absolute atomic E-state index is 0.0440. The summed E-state index contributed by atoms with van der Waals surface area (Å²) in [4.78, 5) is 24.6. The molecule has 0 saturated heterocycles. The van der Waals surface area contributed by atoms with E-state index in [2.05, 4.69) is 11.9 Å². The van der Waals surface area contributed by atoms with E-state index in [-0.39, 0.29) is 38.5 Å². The molecule has 0 unspecified atom stereocenters. The van der Waals surface area contributed by atoms with Crippen molar-refractivity contribution in [3.63, 3.8) is 0 Å². The molecule has 0 radical (unpaired) electrons. The van der Waals surface area contributed by atoms with Crippen molar-refractivity contribution in [2.75, 3.05) is 11.9 Å². The third-order valence-corrected chi connectivity index (χ3v) is 4.80. The number of nitrogens with one attached hydrogen (secondary N) is 1. The summed E-state index contributed by atoms with van der Waals surface area (Å²) in [5, 5.41) is 12.1. The van der Waals surface area contributed by atoms with Gasteiger partial charge in [0.05, 0.1) is 5.02 Å². The Morgan fingerprint density at radius 1 is 1.56 bits per heavy atom. The van der Waals surface area contributed by atoms with Gasteiger partial charge in [-0.15, -0.1) is 11.3 Å². The second-order valence-corrected chi connectivity index (χ2v) is 6.55. The fourth-order valence-corrected chi connectivity index (χ4v) is 3.37. The summed E-state index contributed by atoms with van der Waals surface area (Å²) in [5.74, 6) is -1.38. The lowest BCUT2D eigenvalue weighted by molar-refractivity contribution is -0.135. The third kappa shape index (κ3) is 4.64. The van der Waals surface area contributed by atoms with Crippen molar-refractivity contribution in [1.82, 2.24) is 4.57 Å². The molecule has 1 aromatic heterocycles. The monoisotopic (exact) mass is 407 g/mol. The van der Waals surface area contributed by atoms with Gasteiger partial charge in [0.25, 0.3) is 5.56 Å². The number of halogens is 2. The molecule has 140 valence electrons. The molecule has 9 heteroatoms. The van der Waals surface area contributed by atoms with Crippen LogP contribution in [0, 0.1) is 17.1 Å². The van der Waals surface area contributed by atoms with Gasteiger partial charge in [0.2, 0.25) is 0 Å². The number of aromatic nitrogens is 1. The number of ether oxygens (including phenoxy) is 1. The van der Waals surface area contributed by atoms with Crippen LogP contribution in [0.2, 0.25) is 5.02 Å². The van der Waals surface area contributed by atoms with Gasteiger partial charge in [-0.3, -0.25) is 9.36 Å². The van der Waals surface area contributed by atoms with Crippen LogP contribution in [0.5, 0.6) is 0 Å². The molecule has 27 heavy (non-hydrogen) atoms. The molecular weight excluding hydrogens is 393 g/mol. The number of esters is 1. The maximum absolute atomic E-state index is 13.2. The van der Waals surface area contributed by atoms with Gasteiger partial charge in [0.1, 0.15) is 27.7 Å². The first-order valence-corrected chi connectivity index (χ1v) is 8.96. The number of anilines is 1. The van der Waals surface area contributed by atoms with E-state index in [4.69, 9.17) is 16.3 Å². The summed E-state index contributed by atoms with van der Waals surface area (Å²) in [6, 6.07) is 5.83. The van der Waals surface area contributed by atoms with Crippen LogP contribution in [0.15, 0.2) is 35.6 Å². The van der Waals surface area contributed by atoms with Gasteiger partial charge in [-0.2, -0.15) is 5.26 Å². The van der Waals surface area contributed by atoms with E-state index < -0.39 is 11.8 Å². The summed E-state index contributed by atoms with van der Waals surface area (Å²) in [5.41, 5.74) is -0.151. The standard InChI is InChI=1S/C18H15ClFN3O3S/c1-3-7-26-18(25)12(9-21)17-23(4-2)16(24)15(27-17)10-22-11-5-6-14(20)13(19)8-11/h3,5-6,8,10,22H,1,4,7H2,2H3. The predicted molar refractivity (Wildman–Crippen MR) is 103 cm³/mol. The molecule has 0 fully saturated rings. The molecule has 0 saturated carbocycles. The van der Waals surface area contributed by atoms with E-state index in [0.29, 0.717) is 5.69 Å². The lowest BCUT2D eigenvalue weighted by Crippen LogP contribution is -2.32. The Labute approximate surface area is 163 Å². The lowest BCUT2D eigenvalue weighted by atomic mass is 10.3. The van der Waals surface area contributed by atoms with Crippen LogP contribution < -0.4 is 20.1 Å². The quantitative estimate of drug-likeness (QED) is 0.584. The van der Waals surface area contributed by atoms with Crippen molar-refractivity contribution in [2.24, 2.45) is 0 Å². The first-order valence-electron chi connectivity index (χ1n) is 7.76. The van der Waals surface area contributed by atoms with Crippen molar-refractivity contribution >= 4 is 46.4 Å². The van der Waals surface area contributed by atoms with Crippen molar-refractivity contribution in [3.05, 3.63) is 61.2 Å². The molecular formula is C18H15ClFN3O3S. The Hall–Kier alpha value is -2.89. The van der Waals surface area contributed by atoms with Crippen LogP contribution in [0.25, 0.3) is 11.8 Å². The van der Waals surface area contributed by atoms with Crippen molar-refractivity contribution in [2.45, 2.75) is 13.5 Å². The van der Waals surface area contributed by atoms with Gasteiger partial charge >= 0.3 is 5.97 Å². The van der Waals surface area contributed by atoms with Crippen molar-refractivity contribution in [3.8, 4) is 6.07 Å². The highest BCUT2D eigenvalue weighted by Crippen LogP contribution is 2.19. The smallest absolute Gasteiger partial charge is 0.352 e. The number of rotatable bonds is 6. The summed E-state index contributed by atoms with van der Waals surface area (Å²) in [6.45, 7) is 5.38. The van der Waals surface area contributed by atoms with Gasteiger partial charge in [-0.25, -0.2) is 9.18 Å². The van der Waals surface area contributed by atoms with Gasteiger partial charge in [0.15, 0.2) is 5.57 Å².